The number of nitrogens with one attached hydrogen (secondary N) is 2. The molecule has 1 aliphatic heterocycles. The minimum absolute atomic E-state index is 0.0180. The predicted octanol–water partition coefficient (Wildman–Crippen LogP) is 4.21. The minimum atomic E-state index is -0.554. The summed E-state index contributed by atoms with van der Waals surface area (Å²) in [6.07, 6.45) is 4.25. The maximum atomic E-state index is 13.9. The van der Waals surface area contributed by atoms with Gasteiger partial charge >= 0.3 is 0 Å². The van der Waals surface area contributed by atoms with Crippen LogP contribution in [0.1, 0.15) is 12.0 Å². The molecular formula is C21H22FN5OS. The monoisotopic (exact) mass is 411 g/mol. The molecule has 0 radical (unpaired) electrons. The zero-order valence-electron chi connectivity index (χ0n) is 16.3. The van der Waals surface area contributed by atoms with Crippen LogP contribution in [-0.4, -0.2) is 35.4 Å². The van der Waals surface area contributed by atoms with Crippen LogP contribution < -0.4 is 15.4 Å². The average molecular weight is 412 g/mol. The molecule has 29 heavy (non-hydrogen) atoms. The molecule has 1 atom stereocenters. The van der Waals surface area contributed by atoms with Crippen molar-refractivity contribution in [1.82, 2.24) is 15.3 Å². The number of hydrogen-bond donors (Lipinski definition) is 2. The maximum absolute atomic E-state index is 13.9. The van der Waals surface area contributed by atoms with E-state index in [0.29, 0.717) is 17.3 Å². The highest BCUT2D eigenvalue weighted by Gasteiger charge is 2.19. The Morgan fingerprint density at radius 2 is 2.17 bits per heavy atom. The molecule has 6 nitrogen and oxygen atoms in total. The number of anilines is 2. The van der Waals surface area contributed by atoms with Crippen molar-refractivity contribution in [2.75, 3.05) is 24.7 Å². The first kappa shape index (κ1) is 19.4. The van der Waals surface area contributed by atoms with E-state index < -0.39 is 10.1 Å². The van der Waals surface area contributed by atoms with Crippen LogP contribution in [0.3, 0.4) is 0 Å². The Hall–Kier alpha value is -2.93. The van der Waals surface area contributed by atoms with Gasteiger partial charge in [0.2, 0.25) is 0 Å². The second kappa shape index (κ2) is 8.21. The van der Waals surface area contributed by atoms with Gasteiger partial charge in [-0.3, -0.25) is 0 Å². The molecular weight excluding hydrogens is 389 g/mol. The van der Waals surface area contributed by atoms with E-state index in [9.17, 15) is 4.39 Å². The van der Waals surface area contributed by atoms with Gasteiger partial charge in [0.05, 0.1) is 16.9 Å². The van der Waals surface area contributed by atoms with Gasteiger partial charge in [-0.2, -0.15) is 0 Å². The van der Waals surface area contributed by atoms with Crippen LogP contribution in [-0.2, 0) is 10.1 Å². The van der Waals surface area contributed by atoms with Gasteiger partial charge < -0.3 is 15.4 Å². The topological polar surface area (TPSA) is 71.4 Å². The zero-order chi connectivity index (χ0) is 20.4. The molecule has 1 fully saturated rings. The third kappa shape index (κ3) is 4.40. The molecule has 8 heteroatoms. The van der Waals surface area contributed by atoms with E-state index in [4.69, 9.17) is 10.4 Å². The number of halogens is 1. The van der Waals surface area contributed by atoms with Crippen molar-refractivity contribution in [3.05, 3.63) is 48.0 Å². The Morgan fingerprint density at radius 1 is 1.31 bits per heavy atom. The van der Waals surface area contributed by atoms with E-state index in [1.807, 2.05) is 25.3 Å². The summed E-state index contributed by atoms with van der Waals surface area (Å²) in [4.78, 5) is 8.80. The smallest absolute Gasteiger partial charge is 0.146 e. The normalized spacial score (nSPS) is 16.9. The molecule has 1 aromatic heterocycles. The summed E-state index contributed by atoms with van der Waals surface area (Å²) in [5, 5.41) is 7.42. The number of hydrogen-bond acceptors (Lipinski definition) is 6. The third-order valence-corrected chi connectivity index (χ3v) is 5.17. The summed E-state index contributed by atoms with van der Waals surface area (Å²) in [7, 11) is -0.554. The van der Waals surface area contributed by atoms with E-state index in [1.54, 1.807) is 6.07 Å². The number of nitrogens with zero attached hydrogens (tertiary/aromatic N) is 3. The molecule has 0 aliphatic carbocycles. The molecule has 0 bridgehead atoms. The number of aromatic nitrogens is 2. The van der Waals surface area contributed by atoms with Gasteiger partial charge in [0.25, 0.3) is 0 Å². The quantitative estimate of drug-likeness (QED) is 0.658. The standard InChI is InChI=1S/C21H22FN5OS/c1-13-8-15(27-29(2)3)10-18-20(13)21(25-12-24-18)26-17-5-4-14(22)9-19(17)28-16-6-7-23-11-16/h2,4-5,8-10,12,16,23H,6-7,11H2,1,3H3,(H,24,25,26)/t16-/m1/s1. The van der Waals surface area contributed by atoms with Crippen molar-refractivity contribution in [3.8, 4) is 11.4 Å². The van der Waals surface area contributed by atoms with Crippen molar-refractivity contribution < 1.29 is 9.13 Å². The van der Waals surface area contributed by atoms with Gasteiger partial charge in [0.15, 0.2) is 0 Å². The van der Waals surface area contributed by atoms with Gasteiger partial charge in [-0.05, 0) is 49.7 Å². The van der Waals surface area contributed by atoms with Crippen molar-refractivity contribution >= 4 is 38.2 Å². The van der Waals surface area contributed by atoms with E-state index in [-0.39, 0.29) is 11.9 Å². The molecule has 2 aromatic carbocycles. The Morgan fingerprint density at radius 3 is 2.93 bits per heavy atom. The molecule has 0 amide bonds. The highest BCUT2D eigenvalue weighted by molar-refractivity contribution is 7.75. The van der Waals surface area contributed by atoms with Gasteiger partial charge in [-0.1, -0.05) is 15.8 Å². The summed E-state index contributed by atoms with van der Waals surface area (Å²) in [6.45, 7) is 3.62. The first-order valence-electron chi connectivity index (χ1n) is 9.31. The highest BCUT2D eigenvalue weighted by Crippen LogP contribution is 2.34. The van der Waals surface area contributed by atoms with E-state index in [2.05, 4.69) is 25.0 Å². The van der Waals surface area contributed by atoms with Crippen LogP contribution in [0.5, 0.6) is 5.75 Å². The molecule has 1 saturated heterocycles. The summed E-state index contributed by atoms with van der Waals surface area (Å²) < 4.78 is 24.3. The summed E-state index contributed by atoms with van der Waals surface area (Å²) >= 11 is 0. The van der Waals surface area contributed by atoms with Gasteiger partial charge in [0.1, 0.15) is 29.8 Å². The number of ether oxygens (including phenoxy) is 1. The maximum Gasteiger partial charge on any atom is 0.146 e. The molecule has 2 N–H and O–H groups in total. The van der Waals surface area contributed by atoms with Crippen LogP contribution in [0, 0.1) is 18.4 Å². The number of benzene rings is 2. The van der Waals surface area contributed by atoms with Crippen LogP contribution in [0.15, 0.2) is 41.0 Å². The van der Waals surface area contributed by atoms with Crippen molar-refractivity contribution in [2.24, 2.45) is 4.36 Å². The second-order valence-corrected chi connectivity index (χ2v) is 8.22. The van der Waals surface area contributed by atoms with E-state index >= 15 is 0 Å². The number of aryl methyl sites for hydroxylation is 1. The number of fused-ring (bicyclic) bond motifs is 1. The Kier molecular flexibility index (Phi) is 5.49. The minimum Gasteiger partial charge on any atom is -0.487 e. The fourth-order valence-corrected chi connectivity index (χ4v) is 3.86. The third-order valence-electron chi connectivity index (χ3n) is 4.67. The average Bonchev–Trinajstić information content (AvgIpc) is 3.16. The molecule has 150 valence electrons. The van der Waals surface area contributed by atoms with Crippen LogP contribution in [0.2, 0.25) is 0 Å². The lowest BCUT2D eigenvalue weighted by Gasteiger charge is -2.18. The molecule has 0 saturated carbocycles. The first-order valence-corrected chi connectivity index (χ1v) is 11.0. The van der Waals surface area contributed by atoms with Gasteiger partial charge in [0, 0.05) is 24.3 Å². The fourth-order valence-electron chi connectivity index (χ4n) is 3.42. The Labute approximate surface area is 170 Å². The zero-order valence-corrected chi connectivity index (χ0v) is 17.1. The fraction of sp³-hybridized carbons (Fsp3) is 0.286. The highest BCUT2D eigenvalue weighted by atomic mass is 32.2. The molecule has 4 rings (SSSR count). The van der Waals surface area contributed by atoms with E-state index in [0.717, 1.165) is 41.7 Å². The second-order valence-electron chi connectivity index (χ2n) is 6.99. The summed E-state index contributed by atoms with van der Waals surface area (Å²) in [5.41, 5.74) is 8.99. The lowest BCUT2D eigenvalue weighted by Crippen LogP contribution is -2.20. The van der Waals surface area contributed by atoms with Crippen LogP contribution in [0.4, 0.5) is 21.6 Å². The van der Waals surface area contributed by atoms with Crippen molar-refractivity contribution in [1.29, 1.82) is 0 Å². The van der Waals surface area contributed by atoms with Gasteiger partial charge in [-0.15, -0.1) is 0 Å². The Balaban J connectivity index is 1.73. The molecule has 0 unspecified atom stereocenters. The molecule has 0 spiro atoms. The lowest BCUT2D eigenvalue weighted by atomic mass is 10.1. The van der Waals surface area contributed by atoms with E-state index in [1.165, 1.54) is 18.5 Å². The van der Waals surface area contributed by atoms with Crippen molar-refractivity contribution in [2.45, 2.75) is 19.4 Å². The largest absolute Gasteiger partial charge is 0.487 e. The first-order chi connectivity index (χ1) is 14.0. The summed E-state index contributed by atoms with van der Waals surface area (Å²) in [6, 6.07) is 8.31. The number of rotatable bonds is 5. The SMILES string of the molecule is C#S(/C)=N/c1cc(C)c2c(Nc3ccc(F)cc3O[C@@H]3CCNC3)ncnc2c1. The van der Waals surface area contributed by atoms with Crippen LogP contribution >= 0.6 is 0 Å². The van der Waals surface area contributed by atoms with Gasteiger partial charge in [-0.25, -0.2) is 18.7 Å². The lowest BCUT2D eigenvalue weighted by molar-refractivity contribution is 0.223. The molecule has 1 aliphatic rings. The molecule has 2 heterocycles. The van der Waals surface area contributed by atoms with Crippen molar-refractivity contribution in [3.63, 3.8) is 0 Å². The predicted molar refractivity (Wildman–Crippen MR) is 116 cm³/mol. The summed E-state index contributed by atoms with van der Waals surface area (Å²) in [5.74, 6) is 0.749. The Bertz CT molecular complexity index is 1200. The van der Waals surface area contributed by atoms with Crippen LogP contribution in [0.25, 0.3) is 10.9 Å². The molecule has 3 aromatic rings.